The van der Waals surface area contributed by atoms with Crippen molar-refractivity contribution < 1.29 is 13.9 Å². The highest BCUT2D eigenvalue weighted by atomic mass is 35.5. The molecular formula is C13H11ClO3. The molecule has 88 valence electrons. The predicted molar refractivity (Wildman–Crippen MR) is 64.5 cm³/mol. The van der Waals surface area contributed by atoms with Gasteiger partial charge in [0.05, 0.1) is 17.5 Å². The maximum Gasteiger partial charge on any atom is 0.203 e. The molecule has 1 aromatic heterocycles. The first-order chi connectivity index (χ1) is 8.25. The number of rotatable bonds is 2. The Morgan fingerprint density at radius 3 is 3.00 bits per heavy atom. The summed E-state index contributed by atoms with van der Waals surface area (Å²) < 4.78 is 10.7. The van der Waals surface area contributed by atoms with Crippen LogP contribution in [0.3, 0.4) is 0 Å². The lowest BCUT2D eigenvalue weighted by molar-refractivity contribution is 0.0874. The zero-order chi connectivity index (χ0) is 11.8. The first kappa shape index (κ1) is 10.8. The molecule has 0 N–H and O–H groups in total. The molecule has 0 aliphatic carbocycles. The van der Waals surface area contributed by atoms with E-state index in [1.165, 1.54) is 0 Å². The Bertz CT molecular complexity index is 567. The molecule has 0 spiro atoms. The number of hydrogen-bond donors (Lipinski definition) is 0. The molecule has 17 heavy (non-hydrogen) atoms. The molecule has 1 atom stereocenters. The van der Waals surface area contributed by atoms with Crippen molar-refractivity contribution in [1.82, 2.24) is 0 Å². The molecule has 1 unspecified atom stereocenters. The zero-order valence-corrected chi connectivity index (χ0v) is 9.87. The minimum Gasteiger partial charge on any atom is -0.451 e. The van der Waals surface area contributed by atoms with E-state index >= 15 is 0 Å². The number of furan rings is 1. The van der Waals surface area contributed by atoms with Gasteiger partial charge < -0.3 is 9.15 Å². The number of carbonyl (C=O) groups excluding carboxylic acids is 1. The molecule has 1 fully saturated rings. The molecule has 1 aliphatic heterocycles. The fourth-order valence-electron chi connectivity index (χ4n) is 2.09. The molecule has 3 rings (SSSR count). The van der Waals surface area contributed by atoms with E-state index in [2.05, 4.69) is 0 Å². The number of Topliss-reactive ketones (excluding diaryl/α,β-unsaturated/α-hetero) is 1. The molecule has 2 aromatic rings. The van der Waals surface area contributed by atoms with E-state index in [0.717, 1.165) is 11.8 Å². The van der Waals surface area contributed by atoms with Crippen molar-refractivity contribution in [2.75, 3.05) is 13.2 Å². The lowest BCUT2D eigenvalue weighted by Crippen LogP contribution is -2.13. The first-order valence-electron chi connectivity index (χ1n) is 5.56. The molecular weight excluding hydrogens is 240 g/mol. The fourth-order valence-corrected chi connectivity index (χ4v) is 2.31. The van der Waals surface area contributed by atoms with Crippen LogP contribution in [0, 0.1) is 5.92 Å². The molecule has 0 saturated carbocycles. The number of benzene rings is 1. The molecule has 4 heteroatoms. The van der Waals surface area contributed by atoms with Crippen molar-refractivity contribution >= 4 is 28.4 Å². The zero-order valence-electron chi connectivity index (χ0n) is 9.11. The van der Waals surface area contributed by atoms with Crippen molar-refractivity contribution in [2.45, 2.75) is 6.42 Å². The summed E-state index contributed by atoms with van der Waals surface area (Å²) >= 11 is 6.00. The van der Waals surface area contributed by atoms with Crippen LogP contribution in [0.4, 0.5) is 0 Å². The number of carbonyl (C=O) groups is 1. The van der Waals surface area contributed by atoms with Crippen LogP contribution in [0.2, 0.25) is 5.02 Å². The third-order valence-corrected chi connectivity index (χ3v) is 3.34. The normalized spacial score (nSPS) is 19.9. The molecule has 0 bridgehead atoms. The van der Waals surface area contributed by atoms with E-state index in [4.69, 9.17) is 20.8 Å². The van der Waals surface area contributed by atoms with Crippen LogP contribution in [0.25, 0.3) is 11.0 Å². The van der Waals surface area contributed by atoms with Crippen LogP contribution in [0.1, 0.15) is 17.0 Å². The smallest absolute Gasteiger partial charge is 0.203 e. The van der Waals surface area contributed by atoms with Gasteiger partial charge in [0.25, 0.3) is 0 Å². The third kappa shape index (κ3) is 1.85. The Kier molecular flexibility index (Phi) is 2.65. The quantitative estimate of drug-likeness (QED) is 0.768. The van der Waals surface area contributed by atoms with Gasteiger partial charge >= 0.3 is 0 Å². The van der Waals surface area contributed by atoms with Gasteiger partial charge in [0, 0.05) is 12.0 Å². The van der Waals surface area contributed by atoms with Crippen molar-refractivity contribution in [2.24, 2.45) is 5.92 Å². The molecule has 0 radical (unpaired) electrons. The monoisotopic (exact) mass is 250 g/mol. The van der Waals surface area contributed by atoms with Crippen molar-refractivity contribution in [3.05, 3.63) is 35.0 Å². The number of halogens is 1. The molecule has 1 aromatic carbocycles. The highest BCUT2D eigenvalue weighted by Gasteiger charge is 2.27. The van der Waals surface area contributed by atoms with Crippen molar-refractivity contribution in [1.29, 1.82) is 0 Å². The molecule has 1 saturated heterocycles. The summed E-state index contributed by atoms with van der Waals surface area (Å²) in [7, 11) is 0. The Morgan fingerprint density at radius 1 is 1.41 bits per heavy atom. The summed E-state index contributed by atoms with van der Waals surface area (Å²) in [5.41, 5.74) is 0.580. The second kappa shape index (κ2) is 4.17. The molecule has 1 aliphatic rings. The van der Waals surface area contributed by atoms with E-state index in [-0.39, 0.29) is 11.7 Å². The van der Waals surface area contributed by atoms with Crippen LogP contribution in [0.5, 0.6) is 0 Å². The number of ketones is 1. The van der Waals surface area contributed by atoms with Gasteiger partial charge in [-0.1, -0.05) is 23.7 Å². The van der Waals surface area contributed by atoms with Gasteiger partial charge in [0.1, 0.15) is 0 Å². The number of hydrogen-bond acceptors (Lipinski definition) is 3. The second-order valence-electron chi connectivity index (χ2n) is 4.19. The average molecular weight is 251 g/mol. The van der Waals surface area contributed by atoms with Crippen LogP contribution >= 0.6 is 11.6 Å². The van der Waals surface area contributed by atoms with Gasteiger partial charge in [-0.2, -0.15) is 0 Å². The van der Waals surface area contributed by atoms with E-state index in [1.807, 2.05) is 12.1 Å². The third-order valence-electron chi connectivity index (χ3n) is 3.04. The van der Waals surface area contributed by atoms with Crippen molar-refractivity contribution in [3.63, 3.8) is 0 Å². The lowest BCUT2D eigenvalue weighted by atomic mass is 10.0. The highest BCUT2D eigenvalue weighted by molar-refractivity contribution is 6.34. The van der Waals surface area contributed by atoms with Gasteiger partial charge in [-0.3, -0.25) is 4.79 Å². The summed E-state index contributed by atoms with van der Waals surface area (Å²) in [5.74, 6) is 0.313. The van der Waals surface area contributed by atoms with Crippen molar-refractivity contribution in [3.8, 4) is 0 Å². The van der Waals surface area contributed by atoms with E-state index < -0.39 is 0 Å². The van der Waals surface area contributed by atoms with Gasteiger partial charge in [0.15, 0.2) is 11.3 Å². The Balaban J connectivity index is 2.00. The average Bonchev–Trinajstić information content (AvgIpc) is 2.98. The summed E-state index contributed by atoms with van der Waals surface area (Å²) in [6.45, 7) is 1.14. The minimum atomic E-state index is -0.0747. The van der Waals surface area contributed by atoms with E-state index in [1.54, 1.807) is 12.1 Å². The molecule has 2 heterocycles. The maximum absolute atomic E-state index is 12.1. The fraction of sp³-hybridized carbons (Fsp3) is 0.308. The summed E-state index contributed by atoms with van der Waals surface area (Å²) in [6.07, 6.45) is 0.767. The lowest BCUT2D eigenvalue weighted by Gasteiger charge is -2.02. The van der Waals surface area contributed by atoms with E-state index in [9.17, 15) is 4.79 Å². The minimum absolute atomic E-state index is 0.00904. The summed E-state index contributed by atoms with van der Waals surface area (Å²) in [6, 6.07) is 7.22. The Morgan fingerprint density at radius 2 is 2.29 bits per heavy atom. The summed E-state index contributed by atoms with van der Waals surface area (Å²) in [4.78, 5) is 12.1. The topological polar surface area (TPSA) is 39.4 Å². The summed E-state index contributed by atoms with van der Waals surface area (Å²) in [5, 5.41) is 1.39. The predicted octanol–water partition coefficient (Wildman–Crippen LogP) is 3.31. The highest BCUT2D eigenvalue weighted by Crippen LogP contribution is 2.28. The van der Waals surface area contributed by atoms with Crippen LogP contribution < -0.4 is 0 Å². The number of para-hydroxylation sites is 1. The Labute approximate surface area is 103 Å². The standard InChI is InChI=1S/C13H11ClO3/c14-10-3-1-2-8-6-11(17-13(8)10)12(15)9-4-5-16-7-9/h1-3,6,9H,4-5,7H2. The largest absolute Gasteiger partial charge is 0.451 e. The van der Waals surface area contributed by atoms with Crippen LogP contribution in [-0.2, 0) is 4.74 Å². The Hall–Kier alpha value is -1.32. The van der Waals surface area contributed by atoms with Crippen LogP contribution in [0.15, 0.2) is 28.7 Å². The first-order valence-corrected chi connectivity index (χ1v) is 5.93. The van der Waals surface area contributed by atoms with Gasteiger partial charge in [0.2, 0.25) is 5.78 Å². The maximum atomic E-state index is 12.1. The molecule has 0 amide bonds. The van der Waals surface area contributed by atoms with Crippen LogP contribution in [-0.4, -0.2) is 19.0 Å². The number of fused-ring (bicyclic) bond motifs is 1. The molecule has 3 nitrogen and oxygen atoms in total. The second-order valence-corrected chi connectivity index (χ2v) is 4.60. The van der Waals surface area contributed by atoms with Gasteiger partial charge in [-0.15, -0.1) is 0 Å². The number of ether oxygens (including phenoxy) is 1. The van der Waals surface area contributed by atoms with Gasteiger partial charge in [-0.05, 0) is 18.6 Å². The van der Waals surface area contributed by atoms with E-state index in [0.29, 0.717) is 29.6 Å². The van der Waals surface area contributed by atoms with Gasteiger partial charge in [-0.25, -0.2) is 0 Å². The SMILES string of the molecule is O=C(c1cc2cccc(Cl)c2o1)C1CCOC1.